The van der Waals surface area contributed by atoms with Crippen LogP contribution in [0.4, 0.5) is 5.69 Å². The van der Waals surface area contributed by atoms with E-state index in [9.17, 15) is 4.79 Å². The molecule has 3 aromatic rings. The number of hydrogen-bond acceptors (Lipinski definition) is 5. The van der Waals surface area contributed by atoms with Gasteiger partial charge in [0.15, 0.2) is 0 Å². The van der Waals surface area contributed by atoms with Crippen LogP contribution < -0.4 is 15.8 Å². The molecule has 0 aliphatic carbocycles. The number of rotatable bonds is 8. The predicted molar refractivity (Wildman–Crippen MR) is 108 cm³/mol. The first-order valence-electron chi connectivity index (χ1n) is 9.05. The third-order valence-corrected chi connectivity index (χ3v) is 4.38. The quantitative estimate of drug-likeness (QED) is 0.557. The average Bonchev–Trinajstić information content (AvgIpc) is 3.24. The van der Waals surface area contributed by atoms with Crippen molar-refractivity contribution >= 4 is 11.6 Å². The van der Waals surface area contributed by atoms with Crippen molar-refractivity contribution in [3.63, 3.8) is 0 Å². The number of hydrogen-bond donors (Lipinski definition) is 3. The SMILES string of the molecule is C[C@](N)(CO)C(=O)Nc1ccc(OCCc2ccc(-c3ccco3)cc2)cc1. The van der Waals surface area contributed by atoms with Gasteiger partial charge in [-0.25, -0.2) is 0 Å². The van der Waals surface area contributed by atoms with Crippen LogP contribution in [-0.2, 0) is 11.2 Å². The van der Waals surface area contributed by atoms with E-state index in [0.29, 0.717) is 18.0 Å². The molecule has 0 saturated carbocycles. The number of aliphatic hydroxyl groups is 1. The molecule has 2 aromatic carbocycles. The van der Waals surface area contributed by atoms with Crippen LogP contribution in [0.3, 0.4) is 0 Å². The van der Waals surface area contributed by atoms with Crippen molar-refractivity contribution in [1.82, 2.24) is 0 Å². The molecule has 6 heteroatoms. The molecule has 3 rings (SSSR count). The Morgan fingerprint density at radius 2 is 1.86 bits per heavy atom. The number of carbonyl (C=O) groups excluding carboxylic acids is 1. The summed E-state index contributed by atoms with van der Waals surface area (Å²) in [5.41, 5.74) is 7.19. The van der Waals surface area contributed by atoms with Gasteiger partial charge >= 0.3 is 0 Å². The number of ether oxygens (including phenoxy) is 1. The molecule has 0 unspecified atom stereocenters. The summed E-state index contributed by atoms with van der Waals surface area (Å²) < 4.78 is 11.2. The molecule has 0 aliphatic heterocycles. The molecule has 1 atom stereocenters. The van der Waals surface area contributed by atoms with Crippen molar-refractivity contribution in [3.8, 4) is 17.1 Å². The zero-order valence-corrected chi connectivity index (χ0v) is 15.7. The molecule has 1 aromatic heterocycles. The summed E-state index contributed by atoms with van der Waals surface area (Å²) in [5.74, 6) is 1.12. The summed E-state index contributed by atoms with van der Waals surface area (Å²) in [6, 6.07) is 19.0. The Bertz CT molecular complexity index is 885. The highest BCUT2D eigenvalue weighted by Crippen LogP contribution is 2.21. The first kappa shape index (κ1) is 19.7. The lowest BCUT2D eigenvalue weighted by Gasteiger charge is -2.20. The van der Waals surface area contributed by atoms with Crippen LogP contribution in [0.25, 0.3) is 11.3 Å². The van der Waals surface area contributed by atoms with E-state index in [4.69, 9.17) is 20.0 Å². The second-order valence-corrected chi connectivity index (χ2v) is 6.83. The van der Waals surface area contributed by atoms with Gasteiger partial charge in [-0.05, 0) is 48.9 Å². The molecule has 0 fully saturated rings. The number of benzene rings is 2. The molecule has 146 valence electrons. The Morgan fingerprint density at radius 1 is 1.14 bits per heavy atom. The Hall–Kier alpha value is -3.09. The maximum Gasteiger partial charge on any atom is 0.246 e. The molecule has 4 N–H and O–H groups in total. The van der Waals surface area contributed by atoms with E-state index in [1.807, 2.05) is 24.3 Å². The summed E-state index contributed by atoms with van der Waals surface area (Å²) >= 11 is 0. The molecular formula is C22H24N2O4. The second-order valence-electron chi connectivity index (χ2n) is 6.83. The van der Waals surface area contributed by atoms with E-state index in [0.717, 1.165) is 17.7 Å². The average molecular weight is 380 g/mol. The number of amides is 1. The molecule has 6 nitrogen and oxygen atoms in total. The van der Waals surface area contributed by atoms with Gasteiger partial charge in [0.2, 0.25) is 5.91 Å². The lowest BCUT2D eigenvalue weighted by Crippen LogP contribution is -2.51. The maximum absolute atomic E-state index is 11.9. The van der Waals surface area contributed by atoms with Crippen LogP contribution in [0.5, 0.6) is 5.75 Å². The van der Waals surface area contributed by atoms with Crippen LogP contribution in [-0.4, -0.2) is 29.8 Å². The number of nitrogens with one attached hydrogen (secondary N) is 1. The summed E-state index contributed by atoms with van der Waals surface area (Å²) in [6.07, 6.45) is 2.44. The van der Waals surface area contributed by atoms with Gasteiger partial charge in [0, 0.05) is 17.7 Å². The van der Waals surface area contributed by atoms with Crippen molar-refractivity contribution in [1.29, 1.82) is 0 Å². The fourth-order valence-electron chi connectivity index (χ4n) is 2.55. The van der Waals surface area contributed by atoms with E-state index in [1.165, 1.54) is 12.5 Å². The minimum absolute atomic E-state index is 0.428. The number of anilines is 1. The molecule has 0 radical (unpaired) electrons. The molecular weight excluding hydrogens is 356 g/mol. The van der Waals surface area contributed by atoms with Crippen molar-refractivity contribution in [2.75, 3.05) is 18.5 Å². The smallest absolute Gasteiger partial charge is 0.246 e. The minimum Gasteiger partial charge on any atom is -0.493 e. The summed E-state index contributed by atoms with van der Waals surface area (Å²) in [4.78, 5) is 11.9. The standard InChI is InChI=1S/C22H24N2O4/c1-22(23,15-25)21(26)24-18-8-10-19(11-9-18)27-14-12-16-4-6-17(7-5-16)20-3-2-13-28-20/h2-11,13,25H,12,14-15,23H2,1H3,(H,24,26)/t22-/m0/s1. The van der Waals surface area contributed by atoms with Crippen LogP contribution in [0.15, 0.2) is 71.3 Å². The normalized spacial score (nSPS) is 13.0. The van der Waals surface area contributed by atoms with Crippen LogP contribution >= 0.6 is 0 Å². The zero-order chi connectivity index (χ0) is 20.0. The fraction of sp³-hybridized carbons (Fsp3) is 0.227. The Balaban J connectivity index is 1.48. The van der Waals surface area contributed by atoms with Crippen LogP contribution in [0.2, 0.25) is 0 Å². The summed E-state index contributed by atoms with van der Waals surface area (Å²) in [5, 5.41) is 11.8. The van der Waals surface area contributed by atoms with Gasteiger partial charge in [-0.3, -0.25) is 4.79 Å². The Morgan fingerprint density at radius 3 is 2.46 bits per heavy atom. The lowest BCUT2D eigenvalue weighted by molar-refractivity contribution is -0.121. The van der Waals surface area contributed by atoms with Gasteiger partial charge in [-0.15, -0.1) is 0 Å². The highest BCUT2D eigenvalue weighted by atomic mass is 16.5. The van der Waals surface area contributed by atoms with E-state index >= 15 is 0 Å². The second kappa shape index (κ2) is 8.73. The highest BCUT2D eigenvalue weighted by molar-refractivity contribution is 5.97. The Labute approximate surface area is 163 Å². The molecule has 0 bridgehead atoms. The van der Waals surface area contributed by atoms with E-state index < -0.39 is 18.1 Å². The van der Waals surface area contributed by atoms with Gasteiger partial charge in [-0.1, -0.05) is 24.3 Å². The van der Waals surface area contributed by atoms with Crippen LogP contribution in [0, 0.1) is 0 Å². The van der Waals surface area contributed by atoms with Gasteiger partial charge < -0.3 is 25.3 Å². The zero-order valence-electron chi connectivity index (χ0n) is 15.7. The highest BCUT2D eigenvalue weighted by Gasteiger charge is 2.27. The molecule has 28 heavy (non-hydrogen) atoms. The van der Waals surface area contributed by atoms with Gasteiger partial charge in [0.05, 0.1) is 19.5 Å². The largest absolute Gasteiger partial charge is 0.493 e. The van der Waals surface area contributed by atoms with Crippen molar-refractivity contribution in [2.45, 2.75) is 18.9 Å². The number of aliphatic hydroxyl groups excluding tert-OH is 1. The van der Waals surface area contributed by atoms with Gasteiger partial charge in [0.25, 0.3) is 0 Å². The van der Waals surface area contributed by atoms with Crippen molar-refractivity contribution < 1.29 is 19.1 Å². The first-order valence-corrected chi connectivity index (χ1v) is 9.05. The molecule has 1 heterocycles. The minimum atomic E-state index is -1.32. The Kier molecular flexibility index (Phi) is 6.13. The van der Waals surface area contributed by atoms with E-state index in [2.05, 4.69) is 17.4 Å². The molecule has 0 spiro atoms. The van der Waals surface area contributed by atoms with Gasteiger partial charge in [0.1, 0.15) is 17.0 Å². The van der Waals surface area contributed by atoms with E-state index in [1.54, 1.807) is 30.5 Å². The summed E-state index contributed by atoms with van der Waals surface area (Å²) in [6.45, 7) is 1.58. The summed E-state index contributed by atoms with van der Waals surface area (Å²) in [7, 11) is 0. The lowest BCUT2D eigenvalue weighted by atomic mass is 10.0. The number of nitrogens with two attached hydrogens (primary N) is 1. The predicted octanol–water partition coefficient (Wildman–Crippen LogP) is 3.22. The molecule has 1 amide bonds. The van der Waals surface area contributed by atoms with Crippen molar-refractivity contribution in [2.24, 2.45) is 5.73 Å². The molecule has 0 aliphatic rings. The third kappa shape index (κ3) is 5.00. The fourth-order valence-corrected chi connectivity index (χ4v) is 2.55. The third-order valence-electron chi connectivity index (χ3n) is 4.38. The van der Waals surface area contributed by atoms with Gasteiger partial charge in [-0.2, -0.15) is 0 Å². The molecule has 0 saturated heterocycles. The van der Waals surface area contributed by atoms with Crippen LogP contribution in [0.1, 0.15) is 12.5 Å². The van der Waals surface area contributed by atoms with Crippen molar-refractivity contribution in [3.05, 3.63) is 72.5 Å². The monoisotopic (exact) mass is 380 g/mol. The number of furan rings is 1. The number of carbonyl (C=O) groups is 1. The first-order chi connectivity index (χ1) is 13.5. The topological polar surface area (TPSA) is 97.7 Å². The maximum atomic E-state index is 11.9. The van der Waals surface area contributed by atoms with E-state index in [-0.39, 0.29) is 0 Å².